The summed E-state index contributed by atoms with van der Waals surface area (Å²) in [7, 11) is 0. The van der Waals surface area contributed by atoms with Gasteiger partial charge in [0.05, 0.1) is 6.04 Å². The van der Waals surface area contributed by atoms with Gasteiger partial charge in [-0.25, -0.2) is 4.99 Å². The zero-order valence-electron chi connectivity index (χ0n) is 16.9. The lowest BCUT2D eigenvalue weighted by molar-refractivity contribution is 0.140. The lowest BCUT2D eigenvalue weighted by Gasteiger charge is -2.36. The number of guanidine groups is 1. The standard InChI is InChI=1S/C19H30N6OS.HI/c1-4-20-19(22-13-18-23-15(3)26-24-18)21-12-16(17-6-5-11-27-17)25-9-7-14(2)8-10-25;/h5-6,11,14,16H,4,7-10,12-13H2,1-3H3,(H2,20,21,22);1H. The maximum atomic E-state index is 5.02. The third kappa shape index (κ3) is 6.70. The molecule has 2 aromatic rings. The van der Waals surface area contributed by atoms with Crippen molar-refractivity contribution < 1.29 is 4.52 Å². The van der Waals surface area contributed by atoms with Gasteiger partial charge in [-0.1, -0.05) is 18.1 Å². The summed E-state index contributed by atoms with van der Waals surface area (Å²) in [5.41, 5.74) is 0. The fourth-order valence-corrected chi connectivity index (χ4v) is 4.18. The number of nitrogens with one attached hydrogen (secondary N) is 2. The monoisotopic (exact) mass is 518 g/mol. The second-order valence-electron chi connectivity index (χ2n) is 7.06. The van der Waals surface area contributed by atoms with Crippen molar-refractivity contribution in [1.82, 2.24) is 25.7 Å². The predicted octanol–water partition coefficient (Wildman–Crippen LogP) is 3.59. The number of aliphatic imine (C=N–C) groups is 1. The maximum absolute atomic E-state index is 5.02. The molecule has 1 fully saturated rings. The summed E-state index contributed by atoms with van der Waals surface area (Å²) in [4.78, 5) is 12.8. The van der Waals surface area contributed by atoms with Crippen molar-refractivity contribution in [2.45, 2.75) is 46.2 Å². The highest BCUT2D eigenvalue weighted by atomic mass is 127. The summed E-state index contributed by atoms with van der Waals surface area (Å²) in [5.74, 6) is 2.78. The maximum Gasteiger partial charge on any atom is 0.223 e. The van der Waals surface area contributed by atoms with Gasteiger partial charge in [0.1, 0.15) is 6.54 Å². The van der Waals surface area contributed by atoms with Crippen molar-refractivity contribution in [3.63, 3.8) is 0 Å². The van der Waals surface area contributed by atoms with Crippen LogP contribution in [0.3, 0.4) is 0 Å². The molecule has 0 spiro atoms. The van der Waals surface area contributed by atoms with E-state index in [0.717, 1.165) is 38.1 Å². The van der Waals surface area contributed by atoms with E-state index in [9.17, 15) is 0 Å². The van der Waals surface area contributed by atoms with Gasteiger partial charge in [-0.3, -0.25) is 4.90 Å². The van der Waals surface area contributed by atoms with E-state index in [4.69, 9.17) is 4.52 Å². The van der Waals surface area contributed by atoms with Crippen LogP contribution in [-0.2, 0) is 6.54 Å². The molecule has 9 heteroatoms. The van der Waals surface area contributed by atoms with E-state index in [1.807, 2.05) is 11.3 Å². The molecule has 1 unspecified atom stereocenters. The number of aryl methyl sites for hydroxylation is 1. The molecule has 0 aliphatic carbocycles. The van der Waals surface area contributed by atoms with Gasteiger partial charge in [0.2, 0.25) is 5.89 Å². The van der Waals surface area contributed by atoms with Crippen LogP contribution in [0.25, 0.3) is 0 Å². The second kappa shape index (κ2) is 11.7. The van der Waals surface area contributed by atoms with Gasteiger partial charge in [0.15, 0.2) is 11.8 Å². The molecule has 7 nitrogen and oxygen atoms in total. The van der Waals surface area contributed by atoms with Crippen LogP contribution in [0, 0.1) is 12.8 Å². The van der Waals surface area contributed by atoms with E-state index in [2.05, 4.69) is 62.0 Å². The largest absolute Gasteiger partial charge is 0.357 e. The van der Waals surface area contributed by atoms with Crippen molar-refractivity contribution in [3.05, 3.63) is 34.1 Å². The fraction of sp³-hybridized carbons (Fsp3) is 0.632. The SMILES string of the molecule is CCNC(=NCc1noc(C)n1)NCC(c1cccs1)N1CCC(C)CC1.I. The number of halogens is 1. The molecule has 156 valence electrons. The summed E-state index contributed by atoms with van der Waals surface area (Å²) >= 11 is 1.83. The topological polar surface area (TPSA) is 78.6 Å². The minimum atomic E-state index is 0. The molecule has 2 N–H and O–H groups in total. The summed E-state index contributed by atoms with van der Waals surface area (Å²) in [6.45, 7) is 10.5. The van der Waals surface area contributed by atoms with Crippen LogP contribution in [0.5, 0.6) is 0 Å². The molecule has 1 atom stereocenters. The Hall–Kier alpha value is -1.20. The molecule has 0 radical (unpaired) electrons. The van der Waals surface area contributed by atoms with Crippen LogP contribution in [0.1, 0.15) is 49.3 Å². The zero-order chi connectivity index (χ0) is 19.1. The molecule has 0 amide bonds. The molecule has 3 heterocycles. The zero-order valence-corrected chi connectivity index (χ0v) is 20.0. The molecule has 28 heavy (non-hydrogen) atoms. The first-order chi connectivity index (χ1) is 13.2. The van der Waals surface area contributed by atoms with Gasteiger partial charge in [0, 0.05) is 24.9 Å². The Morgan fingerprint density at radius 2 is 2.18 bits per heavy atom. The lowest BCUT2D eigenvalue weighted by Crippen LogP contribution is -2.45. The van der Waals surface area contributed by atoms with Crippen LogP contribution in [0.4, 0.5) is 0 Å². The molecule has 1 aliphatic rings. The Kier molecular flexibility index (Phi) is 9.66. The van der Waals surface area contributed by atoms with Crippen LogP contribution in [-0.4, -0.2) is 47.2 Å². The van der Waals surface area contributed by atoms with Crippen molar-refractivity contribution in [3.8, 4) is 0 Å². The van der Waals surface area contributed by atoms with Crippen LogP contribution in [0.15, 0.2) is 27.0 Å². The normalized spacial score (nSPS) is 17.2. The molecular weight excluding hydrogens is 487 g/mol. The Morgan fingerprint density at radius 3 is 2.79 bits per heavy atom. The van der Waals surface area contributed by atoms with E-state index in [1.54, 1.807) is 6.92 Å². The quantitative estimate of drug-likeness (QED) is 0.332. The van der Waals surface area contributed by atoms with Crippen LogP contribution < -0.4 is 10.6 Å². The summed E-state index contributed by atoms with van der Waals surface area (Å²) in [6, 6.07) is 4.74. The van der Waals surface area contributed by atoms with Crippen molar-refractivity contribution in [1.29, 1.82) is 0 Å². The Morgan fingerprint density at radius 1 is 1.39 bits per heavy atom. The number of nitrogens with zero attached hydrogens (tertiary/aromatic N) is 4. The summed E-state index contributed by atoms with van der Waals surface area (Å²) in [5, 5.41) is 12.9. The number of thiophene rings is 1. The molecule has 1 aliphatic heterocycles. The van der Waals surface area contributed by atoms with Crippen molar-refractivity contribution >= 4 is 41.3 Å². The summed E-state index contributed by atoms with van der Waals surface area (Å²) < 4.78 is 5.02. The predicted molar refractivity (Wildman–Crippen MR) is 124 cm³/mol. The van der Waals surface area contributed by atoms with E-state index >= 15 is 0 Å². The third-order valence-corrected chi connectivity index (χ3v) is 5.86. The smallest absolute Gasteiger partial charge is 0.223 e. The first kappa shape index (κ1) is 23.1. The molecule has 0 saturated carbocycles. The van der Waals surface area contributed by atoms with Crippen LogP contribution >= 0.6 is 35.3 Å². The summed E-state index contributed by atoms with van der Waals surface area (Å²) in [6.07, 6.45) is 2.54. The average molecular weight is 518 g/mol. The molecule has 3 rings (SSSR count). The van der Waals surface area contributed by atoms with Crippen molar-refractivity contribution in [2.75, 3.05) is 26.2 Å². The molecule has 0 bridgehead atoms. The van der Waals surface area contributed by atoms with Crippen LogP contribution in [0.2, 0.25) is 0 Å². The van der Waals surface area contributed by atoms with Gasteiger partial charge in [0.25, 0.3) is 0 Å². The second-order valence-corrected chi connectivity index (χ2v) is 8.03. The lowest BCUT2D eigenvalue weighted by atomic mass is 9.97. The van der Waals surface area contributed by atoms with E-state index in [1.165, 1.54) is 17.7 Å². The van der Waals surface area contributed by atoms with Gasteiger partial charge < -0.3 is 15.2 Å². The molecule has 2 aromatic heterocycles. The highest BCUT2D eigenvalue weighted by molar-refractivity contribution is 14.0. The first-order valence-corrected chi connectivity index (χ1v) is 10.6. The van der Waals surface area contributed by atoms with E-state index in [-0.39, 0.29) is 24.0 Å². The number of rotatable bonds is 7. The van der Waals surface area contributed by atoms with Gasteiger partial charge in [-0.05, 0) is 50.2 Å². The Bertz CT molecular complexity index is 712. The third-order valence-electron chi connectivity index (χ3n) is 4.89. The molecular formula is C19H31IN6OS. The number of hydrogen-bond donors (Lipinski definition) is 2. The highest BCUT2D eigenvalue weighted by Crippen LogP contribution is 2.29. The fourth-order valence-electron chi connectivity index (χ4n) is 3.32. The number of likely N-dealkylation sites (tertiary alicyclic amines) is 1. The minimum absolute atomic E-state index is 0. The minimum Gasteiger partial charge on any atom is -0.357 e. The first-order valence-electron chi connectivity index (χ1n) is 9.74. The van der Waals surface area contributed by atoms with Gasteiger partial charge in [-0.15, -0.1) is 35.3 Å². The molecule has 1 saturated heterocycles. The van der Waals surface area contributed by atoms with Gasteiger partial charge in [-0.2, -0.15) is 4.98 Å². The number of piperidine rings is 1. The highest BCUT2D eigenvalue weighted by Gasteiger charge is 2.25. The number of aromatic nitrogens is 2. The van der Waals surface area contributed by atoms with Gasteiger partial charge >= 0.3 is 0 Å². The van der Waals surface area contributed by atoms with Crippen molar-refractivity contribution in [2.24, 2.45) is 10.9 Å². The number of hydrogen-bond acceptors (Lipinski definition) is 6. The molecule has 0 aromatic carbocycles. The average Bonchev–Trinajstić information content (AvgIpc) is 3.33. The Labute approximate surface area is 188 Å². The van der Waals surface area contributed by atoms with E-state index in [0.29, 0.717) is 24.3 Å². The van der Waals surface area contributed by atoms with E-state index < -0.39 is 0 Å². The Balaban J connectivity index is 0.00000280.